The lowest BCUT2D eigenvalue weighted by atomic mass is 10.1. The molecule has 0 spiro atoms. The van der Waals surface area contributed by atoms with E-state index < -0.39 is 5.82 Å². The molecule has 2 aromatic carbocycles. The molecule has 0 bridgehead atoms. The number of ether oxygens (including phenoxy) is 3. The number of aliphatic imine (C=N–C) groups is 1. The molecule has 156 valence electrons. The van der Waals surface area contributed by atoms with E-state index in [9.17, 15) is 4.39 Å². The van der Waals surface area contributed by atoms with Gasteiger partial charge in [0, 0.05) is 31.1 Å². The van der Waals surface area contributed by atoms with Crippen molar-refractivity contribution in [3.05, 3.63) is 52.8 Å². The molecule has 3 rings (SSSR count). The van der Waals surface area contributed by atoms with Crippen LogP contribution >= 0.6 is 0 Å². The van der Waals surface area contributed by atoms with Gasteiger partial charge in [0.2, 0.25) is 0 Å². The first-order chi connectivity index (χ1) is 13.9. The molecule has 0 amide bonds. The van der Waals surface area contributed by atoms with E-state index in [4.69, 9.17) is 14.2 Å². The van der Waals surface area contributed by atoms with E-state index in [0.717, 1.165) is 34.6 Å². The zero-order chi connectivity index (χ0) is 21.0. The second-order valence-corrected chi connectivity index (χ2v) is 7.09. The Morgan fingerprint density at radius 1 is 1.24 bits per heavy atom. The standard InChI is InChI=1S/C22H28FN3O3/c1-13-8-16-10-20(28-5)17(11-21(16)29-13)12-25-22(24-3)26-14(2)15-6-7-19(27-4)18(23)9-15/h6-7,9-11,13-14H,8,12H2,1-5H3,(H2,24,25,26). The summed E-state index contributed by atoms with van der Waals surface area (Å²) in [6.07, 6.45) is 1.07. The summed E-state index contributed by atoms with van der Waals surface area (Å²) in [6, 6.07) is 8.82. The predicted molar refractivity (Wildman–Crippen MR) is 111 cm³/mol. The quantitative estimate of drug-likeness (QED) is 0.572. The van der Waals surface area contributed by atoms with Crippen molar-refractivity contribution >= 4 is 5.96 Å². The molecular formula is C22H28FN3O3. The van der Waals surface area contributed by atoms with E-state index in [2.05, 4.69) is 22.5 Å². The minimum atomic E-state index is -0.390. The monoisotopic (exact) mass is 401 g/mol. The number of nitrogens with one attached hydrogen (secondary N) is 2. The zero-order valence-electron chi connectivity index (χ0n) is 17.5. The molecule has 2 N–H and O–H groups in total. The summed E-state index contributed by atoms with van der Waals surface area (Å²) in [5.41, 5.74) is 2.94. The summed E-state index contributed by atoms with van der Waals surface area (Å²) in [5, 5.41) is 6.56. The lowest BCUT2D eigenvalue weighted by Gasteiger charge is -2.19. The van der Waals surface area contributed by atoms with Gasteiger partial charge in [-0.25, -0.2) is 4.39 Å². The third-order valence-electron chi connectivity index (χ3n) is 5.00. The maximum Gasteiger partial charge on any atom is 0.191 e. The highest BCUT2D eigenvalue weighted by Gasteiger charge is 2.22. The largest absolute Gasteiger partial charge is 0.496 e. The van der Waals surface area contributed by atoms with Gasteiger partial charge in [-0.1, -0.05) is 6.07 Å². The maximum absolute atomic E-state index is 14.0. The molecule has 2 unspecified atom stereocenters. The van der Waals surface area contributed by atoms with E-state index in [0.29, 0.717) is 12.5 Å². The van der Waals surface area contributed by atoms with Crippen LogP contribution in [0.1, 0.15) is 36.6 Å². The average molecular weight is 401 g/mol. The van der Waals surface area contributed by atoms with Crippen LogP contribution in [0.15, 0.2) is 35.3 Å². The van der Waals surface area contributed by atoms with Gasteiger partial charge in [-0.15, -0.1) is 0 Å². The smallest absolute Gasteiger partial charge is 0.191 e. The van der Waals surface area contributed by atoms with Crippen LogP contribution in [-0.2, 0) is 13.0 Å². The highest BCUT2D eigenvalue weighted by Crippen LogP contribution is 2.34. The van der Waals surface area contributed by atoms with Gasteiger partial charge in [0.1, 0.15) is 17.6 Å². The molecule has 7 heteroatoms. The molecule has 1 aliphatic heterocycles. The molecular weight excluding hydrogens is 373 g/mol. The Morgan fingerprint density at radius 3 is 2.66 bits per heavy atom. The number of hydrogen-bond donors (Lipinski definition) is 2. The Morgan fingerprint density at radius 2 is 2.00 bits per heavy atom. The van der Waals surface area contributed by atoms with Crippen LogP contribution < -0.4 is 24.8 Å². The van der Waals surface area contributed by atoms with Crippen LogP contribution in [0.3, 0.4) is 0 Å². The highest BCUT2D eigenvalue weighted by atomic mass is 19.1. The predicted octanol–water partition coefficient (Wildman–Crippen LogP) is 3.59. The number of rotatable bonds is 6. The zero-order valence-corrected chi connectivity index (χ0v) is 17.5. The third-order valence-corrected chi connectivity index (χ3v) is 5.00. The van der Waals surface area contributed by atoms with Crippen LogP contribution in [0.25, 0.3) is 0 Å². The van der Waals surface area contributed by atoms with Gasteiger partial charge < -0.3 is 24.8 Å². The Kier molecular flexibility index (Phi) is 6.46. The Balaban J connectivity index is 1.67. The average Bonchev–Trinajstić information content (AvgIpc) is 3.08. The second-order valence-electron chi connectivity index (χ2n) is 7.09. The first-order valence-corrected chi connectivity index (χ1v) is 9.62. The van der Waals surface area contributed by atoms with E-state index >= 15 is 0 Å². The maximum atomic E-state index is 14.0. The molecule has 2 aromatic rings. The van der Waals surface area contributed by atoms with Crippen LogP contribution in [0.5, 0.6) is 17.2 Å². The number of guanidine groups is 1. The minimum absolute atomic E-state index is 0.146. The molecule has 0 aromatic heterocycles. The number of halogens is 1. The van der Waals surface area contributed by atoms with E-state index in [1.165, 1.54) is 13.2 Å². The Labute approximate surface area is 171 Å². The molecule has 0 fully saturated rings. The van der Waals surface area contributed by atoms with Gasteiger partial charge in [0.05, 0.1) is 20.3 Å². The molecule has 0 aliphatic carbocycles. The van der Waals surface area contributed by atoms with Crippen LogP contribution in [0.4, 0.5) is 4.39 Å². The summed E-state index contributed by atoms with van der Waals surface area (Å²) >= 11 is 0. The van der Waals surface area contributed by atoms with E-state index in [1.807, 2.05) is 25.1 Å². The molecule has 2 atom stereocenters. The van der Waals surface area contributed by atoms with Crippen molar-refractivity contribution < 1.29 is 18.6 Å². The molecule has 0 saturated carbocycles. The number of hydrogen-bond acceptors (Lipinski definition) is 4. The molecule has 1 aliphatic rings. The van der Waals surface area contributed by atoms with Crippen molar-refractivity contribution in [2.45, 2.75) is 39.0 Å². The number of methoxy groups -OCH3 is 2. The van der Waals surface area contributed by atoms with Crippen molar-refractivity contribution in [3.8, 4) is 17.2 Å². The molecule has 0 radical (unpaired) electrons. The highest BCUT2D eigenvalue weighted by molar-refractivity contribution is 5.80. The number of nitrogens with zero attached hydrogens (tertiary/aromatic N) is 1. The lowest BCUT2D eigenvalue weighted by Crippen LogP contribution is -2.38. The topological polar surface area (TPSA) is 64.1 Å². The third kappa shape index (κ3) is 4.72. The van der Waals surface area contributed by atoms with Crippen LogP contribution in [0, 0.1) is 5.82 Å². The van der Waals surface area contributed by atoms with Gasteiger partial charge in [-0.3, -0.25) is 4.99 Å². The SMILES string of the molecule is CN=C(NCc1cc2c(cc1OC)CC(C)O2)NC(C)c1ccc(OC)c(F)c1. The van der Waals surface area contributed by atoms with E-state index in [1.54, 1.807) is 20.2 Å². The summed E-state index contributed by atoms with van der Waals surface area (Å²) < 4.78 is 30.4. The van der Waals surface area contributed by atoms with Crippen LogP contribution in [0.2, 0.25) is 0 Å². The van der Waals surface area contributed by atoms with Gasteiger partial charge >= 0.3 is 0 Å². The summed E-state index contributed by atoms with van der Waals surface area (Å²) in [4.78, 5) is 4.27. The molecule has 6 nitrogen and oxygen atoms in total. The van der Waals surface area contributed by atoms with Crippen molar-refractivity contribution in [1.29, 1.82) is 0 Å². The van der Waals surface area contributed by atoms with E-state index in [-0.39, 0.29) is 17.9 Å². The molecule has 29 heavy (non-hydrogen) atoms. The minimum Gasteiger partial charge on any atom is -0.496 e. The van der Waals surface area contributed by atoms with Gasteiger partial charge in [-0.2, -0.15) is 0 Å². The Hall–Kier alpha value is -2.96. The lowest BCUT2D eigenvalue weighted by molar-refractivity contribution is 0.254. The van der Waals surface area contributed by atoms with Crippen LogP contribution in [-0.4, -0.2) is 33.3 Å². The molecule has 0 saturated heterocycles. The summed E-state index contributed by atoms with van der Waals surface area (Å²) in [6.45, 7) is 4.51. The second kappa shape index (κ2) is 9.03. The summed E-state index contributed by atoms with van der Waals surface area (Å²) in [5.74, 6) is 2.16. The molecule has 1 heterocycles. The fourth-order valence-corrected chi connectivity index (χ4v) is 3.42. The fourth-order valence-electron chi connectivity index (χ4n) is 3.42. The Bertz CT molecular complexity index is 901. The number of fused-ring (bicyclic) bond motifs is 1. The van der Waals surface area contributed by atoms with Crippen molar-refractivity contribution in [1.82, 2.24) is 10.6 Å². The fraction of sp³-hybridized carbons (Fsp3) is 0.409. The van der Waals surface area contributed by atoms with Crippen molar-refractivity contribution in [3.63, 3.8) is 0 Å². The van der Waals surface area contributed by atoms with Crippen molar-refractivity contribution in [2.24, 2.45) is 4.99 Å². The normalized spacial score (nSPS) is 16.6. The van der Waals surface area contributed by atoms with Gasteiger partial charge in [-0.05, 0) is 43.7 Å². The first kappa shape index (κ1) is 20.8. The first-order valence-electron chi connectivity index (χ1n) is 9.62. The van der Waals surface area contributed by atoms with Gasteiger partial charge in [0.15, 0.2) is 17.5 Å². The van der Waals surface area contributed by atoms with Gasteiger partial charge in [0.25, 0.3) is 0 Å². The van der Waals surface area contributed by atoms with Crippen molar-refractivity contribution in [2.75, 3.05) is 21.3 Å². The number of benzene rings is 2. The summed E-state index contributed by atoms with van der Waals surface area (Å²) in [7, 11) is 4.81.